The molecule has 7 nitrogen and oxygen atoms in total. The molecule has 0 unspecified atom stereocenters. The Balaban J connectivity index is 1.45. The van der Waals surface area contributed by atoms with Gasteiger partial charge in [0.2, 0.25) is 0 Å². The molecule has 4 heterocycles. The minimum absolute atomic E-state index is 0.0674. The first-order chi connectivity index (χ1) is 17.2. The highest BCUT2D eigenvalue weighted by atomic mass is 32.1. The molecule has 0 spiro atoms. The maximum absolute atomic E-state index is 13.9. The Labute approximate surface area is 208 Å². The number of hydrogen-bond acceptors (Lipinski definition) is 5. The summed E-state index contributed by atoms with van der Waals surface area (Å²) in [5.74, 6) is -0.398. The van der Waals surface area contributed by atoms with Crippen molar-refractivity contribution >= 4 is 28.7 Å². The lowest BCUT2D eigenvalue weighted by Gasteiger charge is -2.10. The van der Waals surface area contributed by atoms with Crippen LogP contribution in [0.1, 0.15) is 39.2 Å². The average molecular weight is 511 g/mol. The maximum atomic E-state index is 13.9. The highest BCUT2D eigenvalue weighted by Gasteiger charge is 2.36. The van der Waals surface area contributed by atoms with Crippen LogP contribution >= 0.6 is 11.3 Å². The summed E-state index contributed by atoms with van der Waals surface area (Å²) in [6.07, 6.45) is -3.91. The predicted molar refractivity (Wildman–Crippen MR) is 131 cm³/mol. The number of hydrogen-bond donors (Lipinski definition) is 1. The molecule has 0 saturated heterocycles. The molecule has 0 aliphatic rings. The number of thiophene rings is 1. The molecule has 4 aromatic heterocycles. The van der Waals surface area contributed by atoms with Crippen LogP contribution in [0.25, 0.3) is 16.2 Å². The highest BCUT2D eigenvalue weighted by Crippen LogP contribution is 2.34. The molecule has 1 amide bonds. The molecule has 5 aromatic rings. The summed E-state index contributed by atoms with van der Waals surface area (Å²) < 4.78 is 44.0. The van der Waals surface area contributed by atoms with Gasteiger partial charge >= 0.3 is 6.18 Å². The summed E-state index contributed by atoms with van der Waals surface area (Å²) >= 11 is 1.38. The van der Waals surface area contributed by atoms with Crippen molar-refractivity contribution in [2.24, 2.45) is 0 Å². The molecule has 184 valence electrons. The number of benzene rings is 1. The molecule has 11 heteroatoms. The summed E-state index contributed by atoms with van der Waals surface area (Å²) in [4.78, 5) is 18.9. The first-order valence-corrected chi connectivity index (χ1v) is 12.0. The number of fused-ring (bicyclic) bond motifs is 1. The van der Waals surface area contributed by atoms with Crippen LogP contribution in [0.4, 0.5) is 19.0 Å². The van der Waals surface area contributed by atoms with Crippen molar-refractivity contribution in [3.8, 4) is 10.6 Å². The third-order valence-corrected chi connectivity index (χ3v) is 6.86. The average Bonchev–Trinajstić information content (AvgIpc) is 3.57. The van der Waals surface area contributed by atoms with E-state index < -0.39 is 17.8 Å². The number of amides is 1. The maximum Gasteiger partial charge on any atom is 0.433 e. The van der Waals surface area contributed by atoms with E-state index in [1.807, 2.05) is 50.2 Å². The van der Waals surface area contributed by atoms with Crippen LogP contribution in [0.2, 0.25) is 0 Å². The van der Waals surface area contributed by atoms with Crippen LogP contribution in [0, 0.1) is 6.92 Å². The molecular weight excluding hydrogens is 489 g/mol. The first kappa shape index (κ1) is 23.7. The summed E-state index contributed by atoms with van der Waals surface area (Å²) in [6.45, 7) is 4.34. The van der Waals surface area contributed by atoms with E-state index in [-0.39, 0.29) is 22.9 Å². The van der Waals surface area contributed by atoms with Gasteiger partial charge in [0.25, 0.3) is 5.91 Å². The van der Waals surface area contributed by atoms with E-state index >= 15 is 0 Å². The minimum Gasteiger partial charge on any atom is -0.304 e. The number of carbonyl (C=O) groups excluding carboxylic acids is 1. The molecule has 0 bridgehead atoms. The van der Waals surface area contributed by atoms with Crippen LogP contribution < -0.4 is 5.32 Å². The van der Waals surface area contributed by atoms with Gasteiger partial charge in [-0.1, -0.05) is 37.3 Å². The number of nitrogens with zero attached hydrogens (tertiary/aromatic N) is 5. The lowest BCUT2D eigenvalue weighted by molar-refractivity contribution is -0.142. The number of nitrogens with one attached hydrogen (secondary N) is 1. The fraction of sp³-hybridized carbons (Fsp3) is 0.200. The van der Waals surface area contributed by atoms with Gasteiger partial charge in [-0.3, -0.25) is 9.48 Å². The fourth-order valence-corrected chi connectivity index (χ4v) is 4.70. The zero-order valence-electron chi connectivity index (χ0n) is 19.4. The van der Waals surface area contributed by atoms with E-state index in [9.17, 15) is 18.0 Å². The van der Waals surface area contributed by atoms with Gasteiger partial charge in [-0.2, -0.15) is 23.4 Å². The van der Waals surface area contributed by atoms with Crippen LogP contribution in [0.15, 0.2) is 60.7 Å². The van der Waals surface area contributed by atoms with Gasteiger partial charge in [0.1, 0.15) is 0 Å². The Morgan fingerprint density at radius 3 is 2.53 bits per heavy atom. The molecule has 0 radical (unpaired) electrons. The summed E-state index contributed by atoms with van der Waals surface area (Å²) in [5.41, 5.74) is 0.776. The number of alkyl halides is 3. The van der Waals surface area contributed by atoms with Crippen LogP contribution in [-0.4, -0.2) is 30.3 Å². The molecule has 36 heavy (non-hydrogen) atoms. The van der Waals surface area contributed by atoms with Crippen molar-refractivity contribution in [1.82, 2.24) is 24.4 Å². The SMILES string of the molecule is CCc1ccc(-c2cc(C(F)(F)F)n3nc(C(=O)Nc4cc(C)n(Cc5ccccc5)n4)cc3n2)s1. The Morgan fingerprint density at radius 2 is 1.83 bits per heavy atom. The van der Waals surface area contributed by atoms with Gasteiger partial charge < -0.3 is 5.32 Å². The zero-order chi connectivity index (χ0) is 25.4. The first-order valence-electron chi connectivity index (χ1n) is 11.2. The van der Waals surface area contributed by atoms with Crippen molar-refractivity contribution in [3.05, 3.63) is 88.2 Å². The van der Waals surface area contributed by atoms with E-state index in [2.05, 4.69) is 20.5 Å². The van der Waals surface area contributed by atoms with Crippen molar-refractivity contribution in [2.75, 3.05) is 5.32 Å². The van der Waals surface area contributed by atoms with E-state index in [0.717, 1.165) is 28.6 Å². The molecule has 0 saturated carbocycles. The number of rotatable bonds is 6. The number of aromatic nitrogens is 5. The zero-order valence-corrected chi connectivity index (χ0v) is 20.2. The second kappa shape index (κ2) is 9.23. The molecule has 0 atom stereocenters. The van der Waals surface area contributed by atoms with Crippen LogP contribution in [0.3, 0.4) is 0 Å². The smallest absolute Gasteiger partial charge is 0.304 e. The van der Waals surface area contributed by atoms with Crippen molar-refractivity contribution in [3.63, 3.8) is 0 Å². The van der Waals surface area contributed by atoms with Crippen LogP contribution in [-0.2, 0) is 19.1 Å². The topological polar surface area (TPSA) is 77.1 Å². The molecule has 5 rings (SSSR count). The lowest BCUT2D eigenvalue weighted by atomic mass is 10.2. The van der Waals surface area contributed by atoms with Crippen molar-refractivity contribution < 1.29 is 18.0 Å². The largest absolute Gasteiger partial charge is 0.433 e. The Morgan fingerprint density at radius 1 is 1.06 bits per heavy atom. The Hall–Kier alpha value is -3.99. The van der Waals surface area contributed by atoms with Gasteiger partial charge in [-0.25, -0.2) is 9.50 Å². The molecule has 0 aliphatic carbocycles. The van der Waals surface area contributed by atoms with Crippen molar-refractivity contribution in [1.29, 1.82) is 0 Å². The number of anilines is 1. The normalized spacial score (nSPS) is 11.8. The minimum atomic E-state index is -4.69. The molecule has 0 fully saturated rings. The van der Waals surface area contributed by atoms with E-state index in [1.165, 1.54) is 17.4 Å². The van der Waals surface area contributed by atoms with Gasteiger partial charge in [-0.05, 0) is 37.1 Å². The Bertz CT molecular complexity index is 1550. The molecule has 1 N–H and O–H groups in total. The number of halogens is 3. The fourth-order valence-electron chi connectivity index (χ4n) is 3.79. The van der Waals surface area contributed by atoms with E-state index in [4.69, 9.17) is 0 Å². The third-order valence-electron chi connectivity index (χ3n) is 5.61. The summed E-state index contributed by atoms with van der Waals surface area (Å²) in [5, 5.41) is 10.9. The van der Waals surface area contributed by atoms with Gasteiger partial charge in [-0.15, -0.1) is 11.3 Å². The lowest BCUT2D eigenvalue weighted by Crippen LogP contribution is -2.16. The second-order valence-corrected chi connectivity index (χ2v) is 9.38. The third kappa shape index (κ3) is 4.74. The van der Waals surface area contributed by atoms with Gasteiger partial charge in [0.05, 0.1) is 17.1 Å². The van der Waals surface area contributed by atoms with Crippen molar-refractivity contribution in [2.45, 2.75) is 33.0 Å². The quantitative estimate of drug-likeness (QED) is 0.311. The van der Waals surface area contributed by atoms with E-state index in [1.54, 1.807) is 16.8 Å². The van der Waals surface area contributed by atoms with E-state index in [0.29, 0.717) is 15.9 Å². The molecule has 1 aromatic carbocycles. The monoisotopic (exact) mass is 510 g/mol. The molecule has 0 aliphatic heterocycles. The predicted octanol–water partition coefficient (Wildman–Crippen LogP) is 5.84. The number of carbonyl (C=O) groups is 1. The standard InChI is InChI=1S/C25H21F3N6OS/c1-3-17-9-10-20(36-17)18-12-21(25(26,27)28)34-23(29-18)13-19(31-34)24(35)30-22-11-15(2)33(32-22)14-16-7-5-4-6-8-16/h4-13H,3,14H2,1-2H3,(H,30,32,35). The van der Waals surface area contributed by atoms with Gasteiger partial charge in [0.15, 0.2) is 22.9 Å². The highest BCUT2D eigenvalue weighted by molar-refractivity contribution is 7.15. The summed E-state index contributed by atoms with van der Waals surface area (Å²) in [7, 11) is 0. The van der Waals surface area contributed by atoms with Gasteiger partial charge in [0, 0.05) is 22.7 Å². The Kier molecular flexibility index (Phi) is 6.09. The van der Waals surface area contributed by atoms with Crippen LogP contribution in [0.5, 0.6) is 0 Å². The summed E-state index contributed by atoms with van der Waals surface area (Å²) in [6, 6.07) is 17.2. The second-order valence-electron chi connectivity index (χ2n) is 8.21. The molecular formula is C25H21F3N6OS. The number of aryl methyl sites for hydroxylation is 2.